The second-order valence-electron chi connectivity index (χ2n) is 7.79. The van der Waals surface area contributed by atoms with Gasteiger partial charge in [0, 0.05) is 14.9 Å². The maximum atomic E-state index is 12.7. The molecule has 1 aliphatic rings. The minimum atomic E-state index is -0.724. The highest BCUT2D eigenvalue weighted by atomic mass is 35.5. The minimum absolute atomic E-state index is 0.145. The number of ether oxygens (including phenoxy) is 2. The van der Waals surface area contributed by atoms with Crippen LogP contribution in [0.1, 0.15) is 58.3 Å². The second kappa shape index (κ2) is 10.0. The molecule has 31 heavy (non-hydrogen) atoms. The molecule has 2 aromatic rings. The molecule has 0 spiro atoms. The molecule has 166 valence electrons. The minimum Gasteiger partial charge on any atom is -0.459 e. The predicted octanol–water partition coefficient (Wildman–Crippen LogP) is 5.54. The van der Waals surface area contributed by atoms with Gasteiger partial charge < -0.3 is 14.8 Å². The van der Waals surface area contributed by atoms with Crippen molar-refractivity contribution >= 4 is 57.4 Å². The number of amides is 1. The van der Waals surface area contributed by atoms with E-state index in [1.165, 1.54) is 29.5 Å². The van der Waals surface area contributed by atoms with Crippen molar-refractivity contribution in [2.75, 3.05) is 11.9 Å². The van der Waals surface area contributed by atoms with E-state index in [1.54, 1.807) is 13.8 Å². The number of carbonyl (C=O) groups is 3. The summed E-state index contributed by atoms with van der Waals surface area (Å²) in [6.07, 6.45) is 2.30. The van der Waals surface area contributed by atoms with Crippen LogP contribution < -0.4 is 5.32 Å². The van der Waals surface area contributed by atoms with Crippen LogP contribution in [0.15, 0.2) is 18.2 Å². The van der Waals surface area contributed by atoms with Crippen molar-refractivity contribution in [3.8, 4) is 0 Å². The smallest absolute Gasteiger partial charge is 0.341 e. The number of anilines is 1. The van der Waals surface area contributed by atoms with Crippen LogP contribution >= 0.6 is 34.5 Å². The van der Waals surface area contributed by atoms with Crippen LogP contribution in [0.5, 0.6) is 0 Å². The van der Waals surface area contributed by atoms with Crippen molar-refractivity contribution in [1.29, 1.82) is 0 Å². The molecule has 1 atom stereocenters. The summed E-state index contributed by atoms with van der Waals surface area (Å²) in [5.41, 5.74) is 1.49. The molecule has 0 radical (unpaired) electrons. The molecule has 1 unspecified atom stereocenters. The quantitative estimate of drug-likeness (QED) is 0.545. The van der Waals surface area contributed by atoms with Crippen molar-refractivity contribution in [2.45, 2.75) is 46.1 Å². The van der Waals surface area contributed by atoms with Crippen molar-refractivity contribution < 1.29 is 23.9 Å². The Morgan fingerprint density at radius 1 is 1.16 bits per heavy atom. The number of hydrogen-bond acceptors (Lipinski definition) is 6. The molecule has 1 aliphatic carbocycles. The average Bonchev–Trinajstić information content (AvgIpc) is 3.01. The molecule has 0 bridgehead atoms. The van der Waals surface area contributed by atoms with E-state index in [1.807, 2.05) is 0 Å². The van der Waals surface area contributed by atoms with Gasteiger partial charge in [0.2, 0.25) is 0 Å². The first-order chi connectivity index (χ1) is 14.6. The lowest BCUT2D eigenvalue weighted by molar-refractivity contribution is -0.119. The maximum absolute atomic E-state index is 12.7. The topological polar surface area (TPSA) is 81.7 Å². The molecule has 1 aromatic heterocycles. The Morgan fingerprint density at radius 2 is 1.84 bits per heavy atom. The van der Waals surface area contributed by atoms with Gasteiger partial charge in [-0.05, 0) is 62.8 Å². The van der Waals surface area contributed by atoms with Gasteiger partial charge in [0.1, 0.15) is 5.00 Å². The molecule has 0 saturated heterocycles. The molecule has 1 heterocycles. The van der Waals surface area contributed by atoms with Crippen molar-refractivity contribution in [3.63, 3.8) is 0 Å². The van der Waals surface area contributed by atoms with Crippen molar-refractivity contribution in [3.05, 3.63) is 49.8 Å². The average molecular weight is 484 g/mol. The number of nitrogens with one attached hydrogen (secondary N) is 1. The lowest BCUT2D eigenvalue weighted by Crippen LogP contribution is -2.22. The number of esters is 2. The first-order valence-corrected chi connectivity index (χ1v) is 11.5. The van der Waals surface area contributed by atoms with E-state index >= 15 is 0 Å². The molecule has 0 aliphatic heterocycles. The van der Waals surface area contributed by atoms with Gasteiger partial charge in [-0.2, -0.15) is 0 Å². The zero-order valence-electron chi connectivity index (χ0n) is 17.4. The summed E-state index contributed by atoms with van der Waals surface area (Å²) in [5, 5.41) is 3.72. The van der Waals surface area contributed by atoms with E-state index in [9.17, 15) is 14.4 Å². The fourth-order valence-electron chi connectivity index (χ4n) is 3.38. The first-order valence-electron chi connectivity index (χ1n) is 9.92. The molecule has 0 saturated carbocycles. The van der Waals surface area contributed by atoms with Crippen molar-refractivity contribution in [1.82, 2.24) is 0 Å². The lowest BCUT2D eigenvalue weighted by Gasteiger charge is -2.18. The lowest BCUT2D eigenvalue weighted by atomic mass is 9.88. The number of halogens is 2. The number of fused-ring (bicyclic) bond motifs is 1. The van der Waals surface area contributed by atoms with Crippen LogP contribution in [-0.4, -0.2) is 30.6 Å². The van der Waals surface area contributed by atoms with Crippen LogP contribution in [0.3, 0.4) is 0 Å². The highest BCUT2D eigenvalue weighted by molar-refractivity contribution is 7.17. The Balaban J connectivity index is 1.73. The summed E-state index contributed by atoms with van der Waals surface area (Å²) in [5.74, 6) is -1.22. The summed E-state index contributed by atoms with van der Waals surface area (Å²) < 4.78 is 10.5. The summed E-state index contributed by atoms with van der Waals surface area (Å²) >= 11 is 13.2. The van der Waals surface area contributed by atoms with Gasteiger partial charge in [0.15, 0.2) is 6.61 Å². The molecule has 1 aromatic carbocycles. The molecule has 3 rings (SSSR count). The normalized spacial score (nSPS) is 15.4. The summed E-state index contributed by atoms with van der Waals surface area (Å²) in [6, 6.07) is 4.30. The van der Waals surface area contributed by atoms with E-state index in [2.05, 4.69) is 12.2 Å². The molecular weight excluding hydrogens is 461 g/mol. The SMILES string of the molecule is CC1CCc2c(sc(NC(=O)COC(=O)c3cc(Cl)cc(Cl)c3)c2C(=O)OC(C)C)C1. The number of rotatable bonds is 6. The third kappa shape index (κ3) is 5.99. The molecule has 6 nitrogen and oxygen atoms in total. The fourth-order valence-corrected chi connectivity index (χ4v) is 5.32. The zero-order chi connectivity index (χ0) is 22.7. The number of thiophene rings is 1. The van der Waals surface area contributed by atoms with Crippen LogP contribution in [0.2, 0.25) is 10.0 Å². The van der Waals surface area contributed by atoms with Crippen LogP contribution in [-0.2, 0) is 27.1 Å². The summed E-state index contributed by atoms with van der Waals surface area (Å²) in [7, 11) is 0. The number of hydrogen-bond donors (Lipinski definition) is 1. The van der Waals surface area contributed by atoms with Crippen LogP contribution in [0, 0.1) is 5.92 Å². The van der Waals surface area contributed by atoms with Gasteiger partial charge in [0.05, 0.1) is 17.2 Å². The van der Waals surface area contributed by atoms with Gasteiger partial charge in [-0.25, -0.2) is 9.59 Å². The highest BCUT2D eigenvalue weighted by Gasteiger charge is 2.29. The Kier molecular flexibility index (Phi) is 7.62. The van der Waals surface area contributed by atoms with Gasteiger partial charge in [-0.1, -0.05) is 30.1 Å². The molecule has 1 N–H and O–H groups in total. The third-order valence-electron chi connectivity index (χ3n) is 4.74. The predicted molar refractivity (Wildman–Crippen MR) is 121 cm³/mol. The van der Waals surface area contributed by atoms with E-state index in [4.69, 9.17) is 32.7 Å². The Morgan fingerprint density at radius 3 is 2.48 bits per heavy atom. The summed E-state index contributed by atoms with van der Waals surface area (Å²) in [4.78, 5) is 38.5. The molecular formula is C22H23Cl2NO5S. The van der Waals surface area contributed by atoms with Gasteiger partial charge >= 0.3 is 11.9 Å². The van der Waals surface area contributed by atoms with Crippen LogP contribution in [0.4, 0.5) is 5.00 Å². The highest BCUT2D eigenvalue weighted by Crippen LogP contribution is 2.40. The van der Waals surface area contributed by atoms with E-state index in [0.29, 0.717) is 16.5 Å². The second-order valence-corrected chi connectivity index (χ2v) is 9.77. The van der Waals surface area contributed by atoms with E-state index in [0.717, 1.165) is 29.7 Å². The number of benzene rings is 1. The number of carbonyl (C=O) groups excluding carboxylic acids is 3. The van der Waals surface area contributed by atoms with Gasteiger partial charge in [-0.3, -0.25) is 4.79 Å². The standard InChI is InChI=1S/C22H23Cl2NO5S/c1-11(2)30-22(28)19-16-5-4-12(3)6-17(16)31-20(19)25-18(26)10-29-21(27)13-7-14(23)9-15(24)8-13/h7-9,11-12H,4-6,10H2,1-3H3,(H,25,26). The summed E-state index contributed by atoms with van der Waals surface area (Å²) in [6.45, 7) is 5.20. The van der Waals surface area contributed by atoms with Gasteiger partial charge in [0.25, 0.3) is 5.91 Å². The van der Waals surface area contributed by atoms with E-state index in [-0.39, 0.29) is 21.7 Å². The Hall–Kier alpha value is -2.09. The first kappa shape index (κ1) is 23.6. The fraction of sp³-hybridized carbons (Fsp3) is 0.409. The molecule has 9 heteroatoms. The Labute approximate surface area is 194 Å². The van der Waals surface area contributed by atoms with Crippen molar-refractivity contribution in [2.24, 2.45) is 5.92 Å². The molecule has 1 amide bonds. The third-order valence-corrected chi connectivity index (χ3v) is 6.35. The van der Waals surface area contributed by atoms with E-state index < -0.39 is 24.5 Å². The largest absolute Gasteiger partial charge is 0.459 e. The zero-order valence-corrected chi connectivity index (χ0v) is 19.7. The van der Waals surface area contributed by atoms with Gasteiger partial charge in [-0.15, -0.1) is 11.3 Å². The van der Waals surface area contributed by atoms with Crippen LogP contribution in [0.25, 0.3) is 0 Å². The monoisotopic (exact) mass is 483 g/mol. The Bertz CT molecular complexity index is 997. The molecule has 0 fully saturated rings. The maximum Gasteiger partial charge on any atom is 0.341 e.